The molecule has 0 saturated heterocycles. The molecule has 0 radical (unpaired) electrons. The van der Waals surface area contributed by atoms with Crippen molar-refractivity contribution in [3.63, 3.8) is 0 Å². The molecule has 0 bridgehead atoms. The van der Waals surface area contributed by atoms with Crippen molar-refractivity contribution in [2.75, 3.05) is 12.7 Å². The van der Waals surface area contributed by atoms with E-state index in [-0.39, 0.29) is 12.7 Å². The zero-order valence-electron chi connectivity index (χ0n) is 12.0. The molecule has 0 fully saturated rings. The second-order valence-electron chi connectivity index (χ2n) is 4.31. The number of hydrogen-bond acceptors (Lipinski definition) is 5. The van der Waals surface area contributed by atoms with E-state index in [1.165, 1.54) is 7.06 Å². The molecular weight excluding hydrogens is 298 g/mol. The van der Waals surface area contributed by atoms with Crippen LogP contribution in [0.3, 0.4) is 0 Å². The molecule has 0 N–H and O–H groups in total. The zero-order chi connectivity index (χ0) is 15.7. The van der Waals surface area contributed by atoms with Crippen molar-refractivity contribution < 1.29 is 13.6 Å². The summed E-state index contributed by atoms with van der Waals surface area (Å²) in [5.41, 5.74) is 0. The van der Waals surface area contributed by atoms with Gasteiger partial charge in [0, 0.05) is 0 Å². The second-order valence-corrected chi connectivity index (χ2v) is 6.34. The van der Waals surface area contributed by atoms with Gasteiger partial charge in [-0.2, -0.15) is 0 Å². The van der Waals surface area contributed by atoms with E-state index in [1.807, 2.05) is 12.1 Å². The summed E-state index contributed by atoms with van der Waals surface area (Å²) < 4.78 is 24.1. The summed E-state index contributed by atoms with van der Waals surface area (Å²) in [6.07, 6.45) is 0.119. The van der Waals surface area contributed by atoms with Crippen LogP contribution in [0.4, 0.5) is 0 Å². The van der Waals surface area contributed by atoms with Crippen molar-refractivity contribution in [2.24, 2.45) is 10.1 Å². The van der Waals surface area contributed by atoms with Gasteiger partial charge < -0.3 is 0 Å². The van der Waals surface area contributed by atoms with Gasteiger partial charge in [-0.1, -0.05) is 0 Å². The SMILES string of the molecule is C=BN=NCCP(=O)(Oc1ccccc1)Oc1ccccc1. The van der Waals surface area contributed by atoms with Crippen LogP contribution in [0.15, 0.2) is 70.8 Å². The minimum absolute atomic E-state index is 0.119. The van der Waals surface area contributed by atoms with Gasteiger partial charge in [-0.15, -0.1) is 0 Å². The third-order valence-corrected chi connectivity index (χ3v) is 4.34. The number of nitrogens with zero attached hydrogens (tertiary/aromatic N) is 2. The van der Waals surface area contributed by atoms with Crippen LogP contribution in [-0.2, 0) is 4.57 Å². The molecule has 22 heavy (non-hydrogen) atoms. The van der Waals surface area contributed by atoms with Crippen LogP contribution in [0.1, 0.15) is 0 Å². The normalized spacial score (nSPS) is 11.1. The third kappa shape index (κ3) is 5.30. The fraction of sp³-hybridized carbons (Fsp3) is 0.133. The molecule has 0 aromatic heterocycles. The summed E-state index contributed by atoms with van der Waals surface area (Å²) in [7, 11) is -2.07. The van der Waals surface area contributed by atoms with E-state index in [2.05, 4.69) is 16.6 Å². The molecule has 0 amide bonds. The molecule has 112 valence electrons. The van der Waals surface area contributed by atoms with Crippen LogP contribution < -0.4 is 9.05 Å². The summed E-state index contributed by atoms with van der Waals surface area (Å²) in [5, 5.41) is 7.48. The molecule has 0 atom stereocenters. The van der Waals surface area contributed by atoms with Crippen molar-refractivity contribution in [2.45, 2.75) is 0 Å². The first kappa shape index (κ1) is 16.2. The molecule has 5 nitrogen and oxygen atoms in total. The molecule has 2 rings (SSSR count). The van der Waals surface area contributed by atoms with E-state index in [4.69, 9.17) is 9.05 Å². The van der Waals surface area contributed by atoms with Gasteiger partial charge >= 0.3 is 130 Å². The number of hydrogen-bond donors (Lipinski definition) is 0. The third-order valence-electron chi connectivity index (χ3n) is 2.61. The molecule has 2 aromatic rings. The Kier molecular flexibility index (Phi) is 6.10. The van der Waals surface area contributed by atoms with E-state index in [1.54, 1.807) is 48.5 Å². The van der Waals surface area contributed by atoms with Gasteiger partial charge in [0.05, 0.1) is 0 Å². The van der Waals surface area contributed by atoms with Gasteiger partial charge in [0.15, 0.2) is 0 Å². The second kappa shape index (κ2) is 8.30. The first-order valence-corrected chi connectivity index (χ1v) is 8.50. The van der Waals surface area contributed by atoms with Gasteiger partial charge in [-0.25, -0.2) is 0 Å². The van der Waals surface area contributed by atoms with Crippen molar-refractivity contribution in [1.29, 1.82) is 0 Å². The van der Waals surface area contributed by atoms with Crippen LogP contribution in [0.5, 0.6) is 11.5 Å². The molecular formula is C15H16BN2O3P. The van der Waals surface area contributed by atoms with E-state index in [9.17, 15) is 4.57 Å². The van der Waals surface area contributed by atoms with E-state index >= 15 is 0 Å². The number of benzene rings is 2. The van der Waals surface area contributed by atoms with Gasteiger partial charge in [0.1, 0.15) is 0 Å². The average molecular weight is 314 g/mol. The Balaban J connectivity index is 2.13. The first-order valence-electron chi connectivity index (χ1n) is 6.78. The maximum atomic E-state index is 12.9. The molecule has 2 aromatic carbocycles. The molecule has 0 saturated carbocycles. The molecule has 0 aliphatic rings. The topological polar surface area (TPSA) is 60.2 Å². The number of rotatable bonds is 8. The molecule has 0 unspecified atom stereocenters. The minimum atomic E-state index is -3.39. The molecule has 0 spiro atoms. The van der Waals surface area contributed by atoms with Gasteiger partial charge in [0.25, 0.3) is 0 Å². The molecule has 0 aliphatic heterocycles. The van der Waals surface area contributed by atoms with Gasteiger partial charge in [0.2, 0.25) is 0 Å². The van der Waals surface area contributed by atoms with Crippen LogP contribution >= 0.6 is 7.60 Å². The van der Waals surface area contributed by atoms with E-state index < -0.39 is 7.60 Å². The van der Waals surface area contributed by atoms with Crippen LogP contribution in [-0.4, -0.2) is 26.2 Å². The standard InChI is InChI=1S/C15H16BN2O3P/c1-16-18-17-12-13-22(19,20-14-8-4-2-5-9-14)21-15-10-6-3-7-11-15/h2-11H,1,12-13H2. The Bertz CT molecular complexity index is 620. The average Bonchev–Trinajstić information content (AvgIpc) is 2.53. The van der Waals surface area contributed by atoms with Crippen molar-refractivity contribution >= 4 is 21.1 Å². The quantitative estimate of drug-likeness (QED) is 0.422. The van der Waals surface area contributed by atoms with Crippen molar-refractivity contribution in [3.05, 3.63) is 60.7 Å². The Morgan fingerprint density at radius 2 is 1.45 bits per heavy atom. The maximum absolute atomic E-state index is 12.9. The van der Waals surface area contributed by atoms with Gasteiger partial charge in [-0.05, 0) is 0 Å². The van der Waals surface area contributed by atoms with Crippen LogP contribution in [0.2, 0.25) is 0 Å². The zero-order valence-corrected chi connectivity index (χ0v) is 12.9. The van der Waals surface area contributed by atoms with Crippen molar-refractivity contribution in [1.82, 2.24) is 0 Å². The summed E-state index contributed by atoms with van der Waals surface area (Å²) in [5.74, 6) is 0.977. The number of para-hydroxylation sites is 2. The first-order chi connectivity index (χ1) is 10.7. The predicted octanol–water partition coefficient (Wildman–Crippen LogP) is 3.84. The summed E-state index contributed by atoms with van der Waals surface area (Å²) in [6.45, 7) is 3.66. The molecule has 7 heteroatoms. The van der Waals surface area contributed by atoms with Crippen LogP contribution in [0.25, 0.3) is 0 Å². The van der Waals surface area contributed by atoms with Crippen molar-refractivity contribution in [3.8, 4) is 11.5 Å². The summed E-state index contributed by atoms with van der Waals surface area (Å²) in [6, 6.07) is 17.8. The summed E-state index contributed by atoms with van der Waals surface area (Å²) in [4.78, 5) is 0. The molecule has 0 heterocycles. The fourth-order valence-corrected chi connectivity index (χ4v) is 3.12. The van der Waals surface area contributed by atoms with E-state index in [0.29, 0.717) is 11.5 Å². The van der Waals surface area contributed by atoms with Gasteiger partial charge in [-0.3, -0.25) is 0 Å². The fourth-order valence-electron chi connectivity index (χ4n) is 1.68. The summed E-state index contributed by atoms with van der Waals surface area (Å²) >= 11 is 0. The van der Waals surface area contributed by atoms with Crippen LogP contribution in [0, 0.1) is 0 Å². The molecule has 0 aliphatic carbocycles. The Labute approximate surface area is 130 Å². The Morgan fingerprint density at radius 3 is 1.91 bits per heavy atom. The van der Waals surface area contributed by atoms with E-state index in [0.717, 1.165) is 0 Å². The predicted molar refractivity (Wildman–Crippen MR) is 89.2 cm³/mol. The monoisotopic (exact) mass is 314 g/mol. The Hall–Kier alpha value is -2.20. The Morgan fingerprint density at radius 1 is 0.955 bits per heavy atom.